The van der Waals surface area contributed by atoms with Crippen molar-refractivity contribution in [3.05, 3.63) is 23.7 Å². The van der Waals surface area contributed by atoms with Crippen LogP contribution in [0.5, 0.6) is 0 Å². The van der Waals surface area contributed by atoms with Crippen molar-refractivity contribution in [3.63, 3.8) is 0 Å². The molecule has 2 atom stereocenters. The molecular weight excluding hydrogens is 268 g/mol. The molecule has 0 spiro atoms. The Morgan fingerprint density at radius 1 is 1.48 bits per heavy atom. The lowest BCUT2D eigenvalue weighted by Gasteiger charge is -2.35. The first kappa shape index (κ1) is 14.6. The number of carbonyl (C=O) groups is 1. The van der Waals surface area contributed by atoms with Gasteiger partial charge in [0, 0.05) is 12.6 Å². The van der Waals surface area contributed by atoms with Crippen molar-refractivity contribution in [2.75, 3.05) is 26.7 Å². The van der Waals surface area contributed by atoms with Crippen LogP contribution in [0.15, 0.2) is 16.7 Å². The lowest BCUT2D eigenvalue weighted by atomic mass is 9.89. The van der Waals surface area contributed by atoms with Crippen LogP contribution in [0.1, 0.15) is 41.8 Å². The second kappa shape index (κ2) is 6.62. The number of carbonyl (C=O) groups excluding carboxylic acids is 1. The third kappa shape index (κ3) is 3.30. The smallest absolute Gasteiger partial charge is 0.341 e. The van der Waals surface area contributed by atoms with E-state index in [1.165, 1.54) is 32.8 Å². The van der Waals surface area contributed by atoms with E-state index in [9.17, 15) is 4.79 Å². The fraction of sp³-hybridized carbons (Fsp3) is 0.688. The van der Waals surface area contributed by atoms with E-state index in [4.69, 9.17) is 9.15 Å². The molecule has 2 unspecified atom stereocenters. The predicted molar refractivity (Wildman–Crippen MR) is 79.1 cm³/mol. The first-order valence-electron chi connectivity index (χ1n) is 7.88. The largest absolute Gasteiger partial charge is 0.467 e. The van der Waals surface area contributed by atoms with Crippen LogP contribution in [0, 0.1) is 5.92 Å². The Balaban J connectivity index is 1.62. The lowest BCUT2D eigenvalue weighted by Crippen LogP contribution is -2.43. The van der Waals surface area contributed by atoms with Crippen molar-refractivity contribution < 1.29 is 13.9 Å². The van der Waals surface area contributed by atoms with E-state index in [1.54, 1.807) is 12.3 Å². The summed E-state index contributed by atoms with van der Waals surface area (Å²) in [6.07, 6.45) is 6.69. The Bertz CT molecular complexity index is 480. The Kier molecular flexibility index (Phi) is 4.60. The molecule has 0 amide bonds. The molecule has 1 aromatic rings. The molecule has 0 aliphatic carbocycles. The van der Waals surface area contributed by atoms with Crippen LogP contribution in [0.4, 0.5) is 0 Å². The highest BCUT2D eigenvalue weighted by molar-refractivity contribution is 5.90. The summed E-state index contributed by atoms with van der Waals surface area (Å²) >= 11 is 0. The van der Waals surface area contributed by atoms with Crippen LogP contribution in [-0.4, -0.2) is 43.7 Å². The van der Waals surface area contributed by atoms with Gasteiger partial charge < -0.3 is 14.5 Å². The summed E-state index contributed by atoms with van der Waals surface area (Å²) in [7, 11) is 1.40. The van der Waals surface area contributed by atoms with E-state index < -0.39 is 0 Å². The third-order valence-corrected chi connectivity index (χ3v) is 4.73. The molecule has 0 radical (unpaired) electrons. The zero-order valence-corrected chi connectivity index (χ0v) is 12.6. The summed E-state index contributed by atoms with van der Waals surface area (Å²) in [6.45, 7) is 4.01. The number of piperidine rings is 1. The van der Waals surface area contributed by atoms with Crippen molar-refractivity contribution in [1.82, 2.24) is 10.2 Å². The normalized spacial score (nSPS) is 26.9. The number of hydrogen-bond donors (Lipinski definition) is 1. The van der Waals surface area contributed by atoms with E-state index in [-0.39, 0.29) is 5.97 Å². The average Bonchev–Trinajstić information content (AvgIpc) is 3.18. The quantitative estimate of drug-likeness (QED) is 0.861. The molecule has 1 aromatic heterocycles. The number of ether oxygens (including phenoxy) is 1. The van der Waals surface area contributed by atoms with Crippen LogP contribution in [0.3, 0.4) is 0 Å². The standard InChI is InChI=1S/C16H24N2O3/c1-20-16(19)13-6-9-21-15(13)11-18-8-3-4-12(10-18)14-5-2-7-17-14/h6,9,12,14,17H,2-5,7-8,10-11H2,1H3. The fourth-order valence-electron chi connectivity index (χ4n) is 3.64. The van der Waals surface area contributed by atoms with Crippen LogP contribution < -0.4 is 5.32 Å². The van der Waals surface area contributed by atoms with E-state index in [1.807, 2.05) is 0 Å². The minimum absolute atomic E-state index is 0.315. The number of esters is 1. The zero-order chi connectivity index (χ0) is 14.7. The van der Waals surface area contributed by atoms with E-state index >= 15 is 0 Å². The first-order chi connectivity index (χ1) is 10.3. The minimum Gasteiger partial charge on any atom is -0.467 e. The van der Waals surface area contributed by atoms with Gasteiger partial charge in [-0.15, -0.1) is 0 Å². The van der Waals surface area contributed by atoms with Gasteiger partial charge in [-0.05, 0) is 50.8 Å². The van der Waals surface area contributed by atoms with Gasteiger partial charge in [-0.3, -0.25) is 4.90 Å². The van der Waals surface area contributed by atoms with Crippen molar-refractivity contribution in [2.24, 2.45) is 5.92 Å². The summed E-state index contributed by atoms with van der Waals surface area (Å²) < 4.78 is 10.3. The monoisotopic (exact) mass is 292 g/mol. The molecule has 0 bridgehead atoms. The van der Waals surface area contributed by atoms with Gasteiger partial charge in [0.15, 0.2) is 0 Å². The van der Waals surface area contributed by atoms with Gasteiger partial charge >= 0.3 is 5.97 Å². The van der Waals surface area contributed by atoms with Crippen LogP contribution in [0.25, 0.3) is 0 Å². The van der Waals surface area contributed by atoms with E-state index in [2.05, 4.69) is 10.2 Å². The number of likely N-dealkylation sites (tertiary alicyclic amines) is 1. The van der Waals surface area contributed by atoms with Crippen molar-refractivity contribution in [1.29, 1.82) is 0 Å². The topological polar surface area (TPSA) is 54.7 Å². The molecule has 3 rings (SSSR count). The van der Waals surface area contributed by atoms with Crippen LogP contribution in [0.2, 0.25) is 0 Å². The summed E-state index contributed by atoms with van der Waals surface area (Å²) in [5, 5.41) is 3.62. The van der Waals surface area contributed by atoms with E-state index in [0.29, 0.717) is 18.2 Å². The third-order valence-electron chi connectivity index (χ3n) is 4.73. The van der Waals surface area contributed by atoms with Gasteiger partial charge in [-0.25, -0.2) is 4.79 Å². The number of hydrogen-bond acceptors (Lipinski definition) is 5. The van der Waals surface area contributed by atoms with Crippen LogP contribution >= 0.6 is 0 Å². The van der Waals surface area contributed by atoms with Crippen molar-refractivity contribution >= 4 is 5.97 Å². The zero-order valence-electron chi connectivity index (χ0n) is 12.6. The highest BCUT2D eigenvalue weighted by atomic mass is 16.5. The van der Waals surface area contributed by atoms with E-state index in [0.717, 1.165) is 31.3 Å². The second-order valence-electron chi connectivity index (χ2n) is 6.09. The Morgan fingerprint density at radius 2 is 2.38 bits per heavy atom. The Morgan fingerprint density at radius 3 is 3.14 bits per heavy atom. The van der Waals surface area contributed by atoms with Gasteiger partial charge in [-0.2, -0.15) is 0 Å². The maximum Gasteiger partial charge on any atom is 0.341 e. The fourth-order valence-corrected chi connectivity index (χ4v) is 3.64. The summed E-state index contributed by atoms with van der Waals surface area (Å²) in [6, 6.07) is 2.37. The van der Waals surface area contributed by atoms with Gasteiger partial charge in [0.05, 0.1) is 19.9 Å². The van der Waals surface area contributed by atoms with Gasteiger partial charge in [0.2, 0.25) is 0 Å². The number of rotatable bonds is 4. The molecular formula is C16H24N2O3. The summed E-state index contributed by atoms with van der Waals surface area (Å²) in [4.78, 5) is 14.1. The van der Waals surface area contributed by atoms with Gasteiger partial charge in [0.1, 0.15) is 11.3 Å². The van der Waals surface area contributed by atoms with Crippen molar-refractivity contribution in [2.45, 2.75) is 38.3 Å². The maximum absolute atomic E-state index is 11.7. The second-order valence-corrected chi connectivity index (χ2v) is 6.09. The molecule has 2 fully saturated rings. The Labute approximate surface area is 125 Å². The number of nitrogens with zero attached hydrogens (tertiary/aromatic N) is 1. The average molecular weight is 292 g/mol. The SMILES string of the molecule is COC(=O)c1ccoc1CN1CCCC(C2CCCN2)C1. The molecule has 0 saturated carbocycles. The molecule has 21 heavy (non-hydrogen) atoms. The molecule has 3 heterocycles. The molecule has 0 aromatic carbocycles. The number of methoxy groups -OCH3 is 1. The molecule has 116 valence electrons. The summed E-state index contributed by atoms with van der Waals surface area (Å²) in [5.74, 6) is 1.13. The number of nitrogens with one attached hydrogen (secondary N) is 1. The Hall–Kier alpha value is -1.33. The summed E-state index contributed by atoms with van der Waals surface area (Å²) in [5.41, 5.74) is 0.554. The van der Waals surface area contributed by atoms with Crippen LogP contribution in [-0.2, 0) is 11.3 Å². The highest BCUT2D eigenvalue weighted by Gasteiger charge is 2.30. The molecule has 5 nitrogen and oxygen atoms in total. The predicted octanol–water partition coefficient (Wildman–Crippen LogP) is 2.03. The first-order valence-corrected chi connectivity index (χ1v) is 7.88. The number of furan rings is 1. The molecule has 1 N–H and O–H groups in total. The van der Waals surface area contributed by atoms with Crippen molar-refractivity contribution in [3.8, 4) is 0 Å². The van der Waals surface area contributed by atoms with Gasteiger partial charge in [0.25, 0.3) is 0 Å². The molecule has 2 aliphatic heterocycles. The highest BCUT2D eigenvalue weighted by Crippen LogP contribution is 2.26. The minimum atomic E-state index is -0.315. The molecule has 2 aliphatic rings. The molecule has 2 saturated heterocycles. The lowest BCUT2D eigenvalue weighted by molar-refractivity contribution is 0.0594. The van der Waals surface area contributed by atoms with Gasteiger partial charge in [-0.1, -0.05) is 0 Å². The molecule has 5 heteroatoms. The maximum atomic E-state index is 11.7.